The Kier molecular flexibility index (Phi) is 57.2. The van der Waals surface area contributed by atoms with Gasteiger partial charge in [-0.25, -0.2) is 0 Å². The minimum atomic E-state index is -0.773. The van der Waals surface area contributed by atoms with Crippen LogP contribution in [0, 0.1) is 0 Å². The number of ether oxygens (including phenoxy) is 3. The maximum absolute atomic E-state index is 12.8. The molecule has 0 aliphatic heterocycles. The van der Waals surface area contributed by atoms with Crippen LogP contribution in [0.3, 0.4) is 0 Å². The van der Waals surface area contributed by atoms with Crippen LogP contribution >= 0.6 is 0 Å². The van der Waals surface area contributed by atoms with E-state index in [2.05, 4.69) is 81.5 Å². The molecule has 1 atom stereocenters. The van der Waals surface area contributed by atoms with Gasteiger partial charge < -0.3 is 14.2 Å². The molecule has 0 radical (unpaired) electrons. The minimum absolute atomic E-state index is 0.0723. The smallest absolute Gasteiger partial charge is 0.306 e. The molecule has 0 bridgehead atoms. The number of carbonyl (C=O) groups excluding carboxylic acids is 3. The summed E-state index contributed by atoms with van der Waals surface area (Å²) in [7, 11) is 0. The van der Waals surface area contributed by atoms with Crippen molar-refractivity contribution in [2.75, 3.05) is 13.2 Å². The molecule has 0 spiro atoms. The fraction of sp³-hybridized carbons (Fsp3) is 0.800. The van der Waals surface area contributed by atoms with E-state index < -0.39 is 6.10 Å². The normalized spacial score (nSPS) is 12.4. The Morgan fingerprint density at radius 3 is 0.915 bits per heavy atom. The van der Waals surface area contributed by atoms with Gasteiger partial charge in [-0.05, 0) is 77.0 Å². The second-order valence-corrected chi connectivity index (χ2v) is 20.6. The zero-order valence-corrected chi connectivity index (χ0v) is 47.2. The highest BCUT2D eigenvalue weighted by molar-refractivity contribution is 5.71. The number of allylic oxidation sites excluding steroid dienone is 10. The van der Waals surface area contributed by atoms with Gasteiger partial charge in [-0.15, -0.1) is 0 Å². The third-order valence-electron chi connectivity index (χ3n) is 13.5. The Bertz CT molecular complexity index is 1280. The Morgan fingerprint density at radius 2 is 0.563 bits per heavy atom. The quantitative estimate of drug-likeness (QED) is 0.0261. The summed E-state index contributed by atoms with van der Waals surface area (Å²) in [6.45, 7) is 6.51. The lowest BCUT2D eigenvalue weighted by Crippen LogP contribution is -2.30. The average Bonchev–Trinajstić information content (AvgIpc) is 3.37. The van der Waals surface area contributed by atoms with E-state index in [0.717, 1.165) is 89.9 Å². The van der Waals surface area contributed by atoms with Gasteiger partial charge in [-0.2, -0.15) is 0 Å². The van der Waals surface area contributed by atoms with Crippen molar-refractivity contribution in [2.24, 2.45) is 0 Å². The van der Waals surface area contributed by atoms with Gasteiger partial charge >= 0.3 is 17.9 Å². The highest BCUT2D eigenvalue weighted by atomic mass is 16.6. The van der Waals surface area contributed by atoms with Gasteiger partial charge in [0, 0.05) is 19.3 Å². The number of carbonyl (C=O) groups is 3. The van der Waals surface area contributed by atoms with Crippen LogP contribution in [0.5, 0.6) is 0 Å². The van der Waals surface area contributed by atoms with Crippen molar-refractivity contribution in [3.05, 3.63) is 60.8 Å². The van der Waals surface area contributed by atoms with Gasteiger partial charge in [0.25, 0.3) is 0 Å². The predicted molar refractivity (Wildman–Crippen MR) is 307 cm³/mol. The molecule has 0 aromatic rings. The first kappa shape index (κ1) is 68.1. The van der Waals surface area contributed by atoms with Crippen molar-refractivity contribution >= 4 is 17.9 Å². The lowest BCUT2D eigenvalue weighted by atomic mass is 10.0. The zero-order chi connectivity index (χ0) is 51.4. The van der Waals surface area contributed by atoms with E-state index in [1.54, 1.807) is 0 Å². The predicted octanol–water partition coefficient (Wildman–Crippen LogP) is 20.8. The Hall–Kier alpha value is -2.89. The van der Waals surface area contributed by atoms with Crippen molar-refractivity contribution in [2.45, 2.75) is 322 Å². The molecule has 0 saturated carbocycles. The van der Waals surface area contributed by atoms with Gasteiger partial charge in [0.05, 0.1) is 0 Å². The summed E-state index contributed by atoms with van der Waals surface area (Å²) in [5.41, 5.74) is 0. The molecule has 0 saturated heterocycles. The maximum Gasteiger partial charge on any atom is 0.306 e. The number of unbranched alkanes of at least 4 members (excludes halogenated alkanes) is 35. The molecule has 0 aliphatic rings. The van der Waals surface area contributed by atoms with Gasteiger partial charge in [-0.1, -0.05) is 281 Å². The topological polar surface area (TPSA) is 78.9 Å². The lowest BCUT2D eigenvalue weighted by Gasteiger charge is -2.18. The molecule has 71 heavy (non-hydrogen) atoms. The first-order valence-electron chi connectivity index (χ1n) is 30.8. The van der Waals surface area contributed by atoms with Crippen LogP contribution in [0.25, 0.3) is 0 Å². The molecule has 0 N–H and O–H groups in total. The molecule has 412 valence electrons. The molecular formula is C65H116O6. The number of esters is 3. The van der Waals surface area contributed by atoms with Gasteiger partial charge in [-0.3, -0.25) is 14.4 Å². The van der Waals surface area contributed by atoms with Gasteiger partial charge in [0.15, 0.2) is 6.10 Å². The van der Waals surface area contributed by atoms with E-state index in [-0.39, 0.29) is 31.1 Å². The van der Waals surface area contributed by atoms with E-state index in [1.807, 2.05) is 0 Å². The summed E-state index contributed by atoms with van der Waals surface area (Å²) in [5.74, 6) is -0.867. The molecule has 0 aromatic heterocycles. The molecule has 0 rings (SSSR count). The van der Waals surface area contributed by atoms with Crippen molar-refractivity contribution in [3.63, 3.8) is 0 Å². The average molecular weight is 994 g/mol. The number of hydrogen-bond acceptors (Lipinski definition) is 6. The minimum Gasteiger partial charge on any atom is -0.462 e. The Labute approximate surface area is 440 Å². The first-order valence-corrected chi connectivity index (χ1v) is 30.8. The molecule has 6 heteroatoms. The van der Waals surface area contributed by atoms with E-state index in [0.29, 0.717) is 19.3 Å². The molecule has 0 heterocycles. The summed E-state index contributed by atoms with van der Waals surface area (Å²) in [5, 5.41) is 0. The standard InChI is InChI=1S/C65H116O6/c1-4-7-10-13-16-19-22-24-25-26-27-28-29-30-31-32-33-34-35-36-37-38-39-41-43-46-49-52-55-58-64(67)70-61-62(60-69-63(66)57-54-51-48-45-42-21-18-15-12-9-6-3)71-65(68)59-56-53-50-47-44-40-23-20-17-14-11-8-5-2/h7,10,15-16,18-19,24-25,27-28,62H,4-6,8-9,11-14,17,20-23,26,29-61H2,1-3H3/b10-7-,18-15-,19-16-,25-24-,28-27-. The molecule has 1 unspecified atom stereocenters. The van der Waals surface area contributed by atoms with Crippen LogP contribution in [-0.2, 0) is 28.6 Å². The second-order valence-electron chi connectivity index (χ2n) is 20.6. The Balaban J connectivity index is 4.12. The highest BCUT2D eigenvalue weighted by Gasteiger charge is 2.19. The highest BCUT2D eigenvalue weighted by Crippen LogP contribution is 2.17. The van der Waals surface area contributed by atoms with E-state index in [9.17, 15) is 14.4 Å². The third-order valence-corrected chi connectivity index (χ3v) is 13.5. The summed E-state index contributed by atoms with van der Waals surface area (Å²) in [4.78, 5) is 38.1. The van der Waals surface area contributed by atoms with Gasteiger partial charge in [0.1, 0.15) is 13.2 Å². The monoisotopic (exact) mass is 993 g/mol. The number of hydrogen-bond donors (Lipinski definition) is 0. The number of rotatable bonds is 56. The van der Waals surface area contributed by atoms with Crippen molar-refractivity contribution < 1.29 is 28.6 Å². The molecule has 6 nitrogen and oxygen atoms in total. The second kappa shape index (κ2) is 59.7. The fourth-order valence-electron chi connectivity index (χ4n) is 8.89. The Morgan fingerprint density at radius 1 is 0.296 bits per heavy atom. The summed E-state index contributed by atoms with van der Waals surface area (Å²) in [6.07, 6.45) is 75.2. The van der Waals surface area contributed by atoms with Crippen LogP contribution in [0.1, 0.15) is 316 Å². The van der Waals surface area contributed by atoms with E-state index >= 15 is 0 Å². The van der Waals surface area contributed by atoms with E-state index in [4.69, 9.17) is 14.2 Å². The maximum atomic E-state index is 12.8. The molecule has 0 aliphatic carbocycles. The van der Waals surface area contributed by atoms with Crippen LogP contribution in [-0.4, -0.2) is 37.2 Å². The fourth-order valence-corrected chi connectivity index (χ4v) is 8.89. The summed E-state index contributed by atoms with van der Waals surface area (Å²) >= 11 is 0. The van der Waals surface area contributed by atoms with Crippen LogP contribution < -0.4 is 0 Å². The van der Waals surface area contributed by atoms with Crippen molar-refractivity contribution in [3.8, 4) is 0 Å². The van der Waals surface area contributed by atoms with E-state index in [1.165, 1.54) is 186 Å². The molecule has 0 fully saturated rings. The van der Waals surface area contributed by atoms with Crippen LogP contribution in [0.4, 0.5) is 0 Å². The summed E-state index contributed by atoms with van der Waals surface area (Å²) < 4.78 is 16.9. The largest absolute Gasteiger partial charge is 0.462 e. The molecular weight excluding hydrogens is 877 g/mol. The van der Waals surface area contributed by atoms with Gasteiger partial charge in [0.2, 0.25) is 0 Å². The van der Waals surface area contributed by atoms with Crippen LogP contribution in [0.2, 0.25) is 0 Å². The zero-order valence-electron chi connectivity index (χ0n) is 47.2. The van der Waals surface area contributed by atoms with Crippen LogP contribution in [0.15, 0.2) is 60.8 Å². The van der Waals surface area contributed by atoms with Crippen molar-refractivity contribution in [1.82, 2.24) is 0 Å². The third kappa shape index (κ3) is 57.9. The first-order chi connectivity index (χ1) is 35.0. The SMILES string of the molecule is CC/C=C\C/C=C\C/C=C\C/C=C\CCCCCCCCCCCCCCCCCCC(=O)OCC(COC(=O)CCCCCCC/C=C\CCCC)OC(=O)CCCCCCCCCCCCCCC. The molecule has 0 amide bonds. The molecule has 0 aromatic carbocycles. The van der Waals surface area contributed by atoms with Crippen molar-refractivity contribution in [1.29, 1.82) is 0 Å². The lowest BCUT2D eigenvalue weighted by molar-refractivity contribution is -0.167. The summed E-state index contributed by atoms with van der Waals surface area (Å²) in [6, 6.07) is 0.